The van der Waals surface area contributed by atoms with Gasteiger partial charge in [0.25, 0.3) is 0 Å². The maximum Gasteiger partial charge on any atom is 0.310 e. The molecule has 0 aliphatic carbocycles. The third kappa shape index (κ3) is 3.51. The summed E-state index contributed by atoms with van der Waals surface area (Å²) in [5.41, 5.74) is -1.31. The molecule has 1 rings (SSSR count). The summed E-state index contributed by atoms with van der Waals surface area (Å²) in [5.74, 6) is -0.962. The number of rotatable bonds is 5. The average molecular weight is 285 g/mol. The zero-order valence-electron chi connectivity index (χ0n) is 13.2. The Morgan fingerprint density at radius 3 is 2.35 bits per heavy atom. The summed E-state index contributed by atoms with van der Waals surface area (Å²) < 4.78 is 5.68. The molecule has 1 amide bonds. The molecule has 116 valence electrons. The number of nitrogens with zero attached hydrogens (tertiary/aromatic N) is 1. The van der Waals surface area contributed by atoms with Crippen molar-refractivity contribution < 1.29 is 19.4 Å². The van der Waals surface area contributed by atoms with Gasteiger partial charge in [-0.15, -0.1) is 0 Å². The second-order valence-corrected chi connectivity index (χ2v) is 6.41. The van der Waals surface area contributed by atoms with Crippen LogP contribution in [0, 0.1) is 5.41 Å². The third-order valence-corrected chi connectivity index (χ3v) is 4.42. The van der Waals surface area contributed by atoms with E-state index in [9.17, 15) is 14.7 Å². The molecule has 20 heavy (non-hydrogen) atoms. The van der Waals surface area contributed by atoms with Crippen LogP contribution in [0.3, 0.4) is 0 Å². The Balaban J connectivity index is 2.85. The van der Waals surface area contributed by atoms with Crippen molar-refractivity contribution in [2.75, 3.05) is 13.2 Å². The summed E-state index contributed by atoms with van der Waals surface area (Å²) in [7, 11) is 0. The van der Waals surface area contributed by atoms with Gasteiger partial charge in [0, 0.05) is 13.0 Å². The fourth-order valence-electron chi connectivity index (χ4n) is 2.65. The number of carboxylic acid groups (broad SMARTS) is 1. The minimum absolute atomic E-state index is 0.00395. The standard InChI is InChI=1S/C15H27NO4/c1-6-15(7-2,13(18)19)8-12(17)16-10-14(4,5)20-9-11(16)3/h11H,6-10H2,1-5H3,(H,18,19)/t11-/m0/s1. The summed E-state index contributed by atoms with van der Waals surface area (Å²) in [6.45, 7) is 10.5. The van der Waals surface area contributed by atoms with Crippen molar-refractivity contribution in [2.45, 2.75) is 65.5 Å². The summed E-state index contributed by atoms with van der Waals surface area (Å²) >= 11 is 0. The molecule has 5 nitrogen and oxygen atoms in total. The second kappa shape index (κ2) is 6.12. The SMILES string of the molecule is CCC(CC)(CC(=O)N1CC(C)(C)OC[C@@H]1C)C(=O)O. The number of carboxylic acids is 1. The highest BCUT2D eigenvalue weighted by Gasteiger charge is 2.41. The molecule has 0 aromatic carbocycles. The van der Waals surface area contributed by atoms with Crippen LogP contribution in [0.25, 0.3) is 0 Å². The van der Waals surface area contributed by atoms with Gasteiger partial charge in [-0.25, -0.2) is 0 Å². The molecule has 1 saturated heterocycles. The van der Waals surface area contributed by atoms with E-state index in [1.165, 1.54) is 0 Å². The van der Waals surface area contributed by atoms with E-state index < -0.39 is 11.4 Å². The van der Waals surface area contributed by atoms with Crippen LogP contribution in [0.15, 0.2) is 0 Å². The van der Waals surface area contributed by atoms with Crippen molar-refractivity contribution in [3.63, 3.8) is 0 Å². The van der Waals surface area contributed by atoms with Gasteiger partial charge in [0.1, 0.15) is 0 Å². The van der Waals surface area contributed by atoms with Gasteiger partial charge < -0.3 is 14.7 Å². The lowest BCUT2D eigenvalue weighted by molar-refractivity contribution is -0.163. The van der Waals surface area contributed by atoms with Crippen LogP contribution in [0.4, 0.5) is 0 Å². The number of carbonyl (C=O) groups is 2. The molecule has 1 fully saturated rings. The van der Waals surface area contributed by atoms with Gasteiger partial charge in [0.15, 0.2) is 0 Å². The van der Waals surface area contributed by atoms with Crippen LogP contribution in [0.1, 0.15) is 53.9 Å². The smallest absolute Gasteiger partial charge is 0.310 e. The molecule has 0 saturated carbocycles. The molecular formula is C15H27NO4. The number of carbonyl (C=O) groups excluding carboxylic acids is 1. The highest BCUT2D eigenvalue weighted by Crippen LogP contribution is 2.33. The van der Waals surface area contributed by atoms with Crippen LogP contribution in [0.2, 0.25) is 0 Å². The molecule has 0 bridgehead atoms. The predicted octanol–water partition coefficient (Wildman–Crippen LogP) is 2.29. The summed E-state index contributed by atoms with van der Waals surface area (Å²) in [4.78, 5) is 25.8. The van der Waals surface area contributed by atoms with Gasteiger partial charge in [-0.1, -0.05) is 13.8 Å². The molecule has 0 aromatic heterocycles. The first kappa shape index (κ1) is 17.0. The molecule has 1 heterocycles. The zero-order chi connectivity index (χ0) is 15.6. The maximum atomic E-state index is 12.5. The number of hydrogen-bond donors (Lipinski definition) is 1. The normalized spacial score (nSPS) is 22.6. The molecule has 0 radical (unpaired) electrons. The van der Waals surface area contributed by atoms with Crippen molar-refractivity contribution >= 4 is 11.9 Å². The maximum absolute atomic E-state index is 12.5. The van der Waals surface area contributed by atoms with Crippen LogP contribution in [-0.4, -0.2) is 46.7 Å². The molecule has 0 aromatic rings. The minimum Gasteiger partial charge on any atom is -0.481 e. The predicted molar refractivity (Wildman–Crippen MR) is 76.5 cm³/mol. The molecule has 1 atom stereocenters. The van der Waals surface area contributed by atoms with Crippen molar-refractivity contribution in [3.8, 4) is 0 Å². The Bertz CT molecular complexity index is 374. The largest absolute Gasteiger partial charge is 0.481 e. The van der Waals surface area contributed by atoms with Crippen molar-refractivity contribution in [3.05, 3.63) is 0 Å². The number of morpholine rings is 1. The third-order valence-electron chi connectivity index (χ3n) is 4.42. The van der Waals surface area contributed by atoms with Crippen LogP contribution >= 0.6 is 0 Å². The molecule has 0 unspecified atom stereocenters. The Hall–Kier alpha value is -1.10. The first-order valence-corrected chi connectivity index (χ1v) is 7.34. The monoisotopic (exact) mass is 285 g/mol. The molecular weight excluding hydrogens is 258 g/mol. The number of aliphatic carboxylic acids is 1. The Kier molecular flexibility index (Phi) is 5.19. The summed E-state index contributed by atoms with van der Waals surface area (Å²) in [6, 6.07) is -0.00395. The van der Waals surface area contributed by atoms with E-state index in [1.807, 2.05) is 34.6 Å². The molecule has 0 spiro atoms. The highest BCUT2D eigenvalue weighted by atomic mass is 16.5. The van der Waals surface area contributed by atoms with E-state index in [-0.39, 0.29) is 24.0 Å². The molecule has 1 N–H and O–H groups in total. The van der Waals surface area contributed by atoms with Crippen molar-refractivity contribution in [2.24, 2.45) is 5.41 Å². The van der Waals surface area contributed by atoms with E-state index >= 15 is 0 Å². The van der Waals surface area contributed by atoms with Gasteiger partial charge in [0.2, 0.25) is 5.91 Å². The summed E-state index contributed by atoms with van der Waals surface area (Å²) in [6.07, 6.45) is 0.995. The summed E-state index contributed by atoms with van der Waals surface area (Å²) in [5, 5.41) is 9.44. The molecule has 5 heteroatoms. The number of amides is 1. The van der Waals surface area contributed by atoms with E-state index in [0.717, 1.165) is 0 Å². The Labute approximate surface area is 121 Å². The fraction of sp³-hybridized carbons (Fsp3) is 0.867. The molecule has 1 aliphatic heterocycles. The lowest BCUT2D eigenvalue weighted by Crippen LogP contribution is -2.56. The van der Waals surface area contributed by atoms with E-state index in [1.54, 1.807) is 4.90 Å². The Morgan fingerprint density at radius 1 is 1.35 bits per heavy atom. The lowest BCUT2D eigenvalue weighted by atomic mass is 9.78. The van der Waals surface area contributed by atoms with Gasteiger partial charge in [0.05, 0.1) is 23.7 Å². The minimum atomic E-state index is -0.945. The lowest BCUT2D eigenvalue weighted by Gasteiger charge is -2.43. The van der Waals surface area contributed by atoms with Gasteiger partial charge in [-0.3, -0.25) is 9.59 Å². The topological polar surface area (TPSA) is 66.8 Å². The van der Waals surface area contributed by atoms with E-state index in [4.69, 9.17) is 4.74 Å². The van der Waals surface area contributed by atoms with E-state index in [2.05, 4.69) is 0 Å². The highest BCUT2D eigenvalue weighted by molar-refractivity contribution is 5.85. The van der Waals surface area contributed by atoms with Crippen molar-refractivity contribution in [1.82, 2.24) is 4.90 Å². The van der Waals surface area contributed by atoms with Gasteiger partial charge >= 0.3 is 5.97 Å². The number of ether oxygens (including phenoxy) is 1. The average Bonchev–Trinajstić information content (AvgIpc) is 2.38. The Morgan fingerprint density at radius 2 is 1.90 bits per heavy atom. The van der Waals surface area contributed by atoms with Crippen LogP contribution in [-0.2, 0) is 14.3 Å². The second-order valence-electron chi connectivity index (χ2n) is 6.41. The zero-order valence-corrected chi connectivity index (χ0v) is 13.2. The molecule has 1 aliphatic rings. The number of hydrogen-bond acceptors (Lipinski definition) is 3. The van der Waals surface area contributed by atoms with Crippen LogP contribution in [0.5, 0.6) is 0 Å². The quantitative estimate of drug-likeness (QED) is 0.841. The van der Waals surface area contributed by atoms with Gasteiger partial charge in [-0.2, -0.15) is 0 Å². The van der Waals surface area contributed by atoms with Crippen molar-refractivity contribution in [1.29, 1.82) is 0 Å². The first-order valence-electron chi connectivity index (χ1n) is 7.34. The fourth-order valence-corrected chi connectivity index (χ4v) is 2.65. The van der Waals surface area contributed by atoms with Gasteiger partial charge in [-0.05, 0) is 33.6 Å². The first-order chi connectivity index (χ1) is 9.17. The van der Waals surface area contributed by atoms with Crippen LogP contribution < -0.4 is 0 Å². The van der Waals surface area contributed by atoms with E-state index in [0.29, 0.717) is 26.0 Å².